The topological polar surface area (TPSA) is 40.6 Å². The van der Waals surface area contributed by atoms with E-state index in [9.17, 15) is 18.4 Å². The molecule has 0 saturated heterocycles. The van der Waals surface area contributed by atoms with Gasteiger partial charge in [-0.1, -0.05) is 48.5 Å². The molecule has 2 amide bonds. The van der Waals surface area contributed by atoms with Gasteiger partial charge in [0.15, 0.2) is 11.6 Å². The number of imide groups is 1. The Labute approximate surface area is 185 Å². The highest BCUT2D eigenvalue weighted by molar-refractivity contribution is 6.45. The Morgan fingerprint density at radius 1 is 0.812 bits per heavy atom. The molecule has 0 spiro atoms. The zero-order valence-electron chi connectivity index (χ0n) is 18.0. The van der Waals surface area contributed by atoms with Crippen LogP contribution in [0.5, 0.6) is 0 Å². The maximum Gasteiger partial charge on any atom is 0.282 e. The lowest BCUT2D eigenvalue weighted by Gasteiger charge is -2.21. The smallest absolute Gasteiger partial charge is 0.282 e. The number of carbonyl (C=O) groups excluding carboxylic acids is 2. The average Bonchev–Trinajstić information content (AvgIpc) is 3.03. The molecular formula is C26H22F2N2O2. The molecule has 0 atom stereocenters. The van der Waals surface area contributed by atoms with Gasteiger partial charge in [-0.15, -0.1) is 0 Å². The van der Waals surface area contributed by atoms with Crippen LogP contribution in [0.2, 0.25) is 0 Å². The van der Waals surface area contributed by atoms with Crippen molar-refractivity contribution in [1.29, 1.82) is 0 Å². The number of aryl methyl sites for hydroxylation is 2. The van der Waals surface area contributed by atoms with E-state index < -0.39 is 23.4 Å². The van der Waals surface area contributed by atoms with Gasteiger partial charge in [0.1, 0.15) is 5.70 Å². The minimum atomic E-state index is -1.12. The molecule has 6 heteroatoms. The number of rotatable bonds is 5. The van der Waals surface area contributed by atoms with E-state index in [-0.39, 0.29) is 17.0 Å². The minimum absolute atomic E-state index is 0.0108. The Hall–Kier alpha value is -3.80. The molecule has 162 valence electrons. The summed E-state index contributed by atoms with van der Waals surface area (Å²) in [5.41, 5.74) is 4.05. The van der Waals surface area contributed by atoms with Gasteiger partial charge in [-0.05, 0) is 48.2 Å². The van der Waals surface area contributed by atoms with Gasteiger partial charge in [0.2, 0.25) is 0 Å². The maximum absolute atomic E-state index is 13.9. The molecule has 0 saturated carbocycles. The van der Waals surface area contributed by atoms with Crippen LogP contribution in [-0.2, 0) is 16.1 Å². The minimum Gasteiger partial charge on any atom is -0.365 e. The molecule has 0 bridgehead atoms. The van der Waals surface area contributed by atoms with Crippen LogP contribution >= 0.6 is 0 Å². The van der Waals surface area contributed by atoms with Crippen molar-refractivity contribution < 1.29 is 18.4 Å². The summed E-state index contributed by atoms with van der Waals surface area (Å²) in [6.45, 7) is 4.29. The third kappa shape index (κ3) is 3.80. The quantitative estimate of drug-likeness (QED) is 0.533. The standard InChI is InChI=1S/C26H22F2N2O2/c1-16-9-10-19(13-17(16)2)23-24(29(3)15-18-7-5-4-6-8-18)26(32)30(25(23)31)20-11-12-21(27)22(28)14-20/h4-14H,15H2,1-3H3. The Balaban J connectivity index is 1.83. The van der Waals surface area contributed by atoms with Crippen LogP contribution in [0.15, 0.2) is 72.4 Å². The number of benzene rings is 3. The highest BCUT2D eigenvalue weighted by atomic mass is 19.2. The fourth-order valence-electron chi connectivity index (χ4n) is 3.82. The van der Waals surface area contributed by atoms with Crippen molar-refractivity contribution in [3.8, 4) is 0 Å². The summed E-state index contributed by atoms with van der Waals surface area (Å²) in [6.07, 6.45) is 0. The molecule has 32 heavy (non-hydrogen) atoms. The maximum atomic E-state index is 13.9. The molecule has 3 aromatic carbocycles. The second-order valence-corrected chi connectivity index (χ2v) is 7.91. The van der Waals surface area contributed by atoms with Gasteiger partial charge in [-0.25, -0.2) is 13.7 Å². The van der Waals surface area contributed by atoms with Crippen molar-refractivity contribution in [3.05, 3.63) is 106 Å². The first kappa shape index (κ1) is 21.4. The molecule has 1 aliphatic rings. The van der Waals surface area contributed by atoms with E-state index in [1.807, 2.05) is 56.3 Å². The van der Waals surface area contributed by atoms with Crippen molar-refractivity contribution >= 4 is 23.1 Å². The van der Waals surface area contributed by atoms with Crippen LogP contribution in [0.25, 0.3) is 5.57 Å². The van der Waals surface area contributed by atoms with Crippen LogP contribution < -0.4 is 4.90 Å². The van der Waals surface area contributed by atoms with Crippen LogP contribution in [-0.4, -0.2) is 23.8 Å². The average molecular weight is 432 g/mol. The summed E-state index contributed by atoms with van der Waals surface area (Å²) in [7, 11) is 1.74. The molecule has 0 aromatic heterocycles. The van der Waals surface area contributed by atoms with E-state index in [0.29, 0.717) is 12.1 Å². The van der Waals surface area contributed by atoms with E-state index in [1.165, 1.54) is 6.07 Å². The molecule has 0 unspecified atom stereocenters. The highest BCUT2D eigenvalue weighted by Gasteiger charge is 2.42. The fraction of sp³-hybridized carbons (Fsp3) is 0.154. The molecule has 0 fully saturated rings. The molecule has 0 aliphatic carbocycles. The Morgan fingerprint density at radius 2 is 1.53 bits per heavy atom. The Bertz CT molecular complexity index is 1250. The van der Waals surface area contributed by atoms with E-state index >= 15 is 0 Å². The van der Waals surface area contributed by atoms with Crippen LogP contribution in [0.1, 0.15) is 22.3 Å². The first-order valence-electron chi connectivity index (χ1n) is 10.2. The van der Waals surface area contributed by atoms with E-state index in [0.717, 1.165) is 33.7 Å². The molecule has 4 nitrogen and oxygen atoms in total. The molecule has 1 aliphatic heterocycles. The number of hydrogen-bond acceptors (Lipinski definition) is 3. The SMILES string of the molecule is Cc1ccc(C2=C(N(C)Cc3ccccc3)C(=O)N(c3ccc(F)c(F)c3)C2=O)cc1C. The first-order valence-corrected chi connectivity index (χ1v) is 10.2. The molecule has 1 heterocycles. The van der Waals surface area contributed by atoms with Crippen LogP contribution in [0.3, 0.4) is 0 Å². The summed E-state index contributed by atoms with van der Waals surface area (Å²) in [4.78, 5) is 29.6. The number of amides is 2. The predicted molar refractivity (Wildman–Crippen MR) is 120 cm³/mol. The van der Waals surface area contributed by atoms with Gasteiger partial charge in [0.05, 0.1) is 11.3 Å². The van der Waals surface area contributed by atoms with Gasteiger partial charge in [-0.2, -0.15) is 0 Å². The summed E-state index contributed by atoms with van der Waals surface area (Å²) in [6, 6.07) is 18.1. The van der Waals surface area contributed by atoms with Gasteiger partial charge in [-0.3, -0.25) is 9.59 Å². The Kier molecular flexibility index (Phi) is 5.61. The lowest BCUT2D eigenvalue weighted by molar-refractivity contribution is -0.120. The summed E-state index contributed by atoms with van der Waals surface area (Å²) in [5.74, 6) is -3.31. The fourth-order valence-corrected chi connectivity index (χ4v) is 3.82. The van der Waals surface area contributed by atoms with Crippen molar-refractivity contribution in [2.24, 2.45) is 0 Å². The number of likely N-dealkylation sites (N-methyl/N-ethyl adjacent to an activating group) is 1. The number of nitrogens with zero attached hydrogens (tertiary/aromatic N) is 2. The molecule has 4 rings (SSSR count). The molecule has 3 aromatic rings. The number of carbonyl (C=O) groups is 2. The van der Waals surface area contributed by atoms with Crippen molar-refractivity contribution in [1.82, 2.24) is 4.90 Å². The molecule has 0 radical (unpaired) electrons. The van der Waals surface area contributed by atoms with Gasteiger partial charge in [0, 0.05) is 19.7 Å². The highest BCUT2D eigenvalue weighted by Crippen LogP contribution is 2.35. The third-order valence-corrected chi connectivity index (χ3v) is 5.66. The predicted octanol–water partition coefficient (Wildman–Crippen LogP) is 5.00. The zero-order valence-corrected chi connectivity index (χ0v) is 18.0. The van der Waals surface area contributed by atoms with Crippen LogP contribution in [0, 0.1) is 25.5 Å². The molecular weight excluding hydrogens is 410 g/mol. The van der Waals surface area contributed by atoms with Crippen molar-refractivity contribution in [2.45, 2.75) is 20.4 Å². The van der Waals surface area contributed by atoms with Crippen molar-refractivity contribution in [3.63, 3.8) is 0 Å². The summed E-state index contributed by atoms with van der Waals surface area (Å²) < 4.78 is 27.4. The number of halogens is 2. The summed E-state index contributed by atoms with van der Waals surface area (Å²) in [5, 5.41) is 0. The van der Waals surface area contributed by atoms with Crippen molar-refractivity contribution in [2.75, 3.05) is 11.9 Å². The van der Waals surface area contributed by atoms with Gasteiger partial charge < -0.3 is 4.90 Å². The second kappa shape index (κ2) is 8.38. The largest absolute Gasteiger partial charge is 0.365 e. The van der Waals surface area contributed by atoms with Crippen LogP contribution in [0.4, 0.5) is 14.5 Å². The normalized spacial score (nSPS) is 13.8. The number of anilines is 1. The second-order valence-electron chi connectivity index (χ2n) is 7.91. The first-order chi connectivity index (χ1) is 15.3. The molecule has 0 N–H and O–H groups in total. The van der Waals surface area contributed by atoms with E-state index in [4.69, 9.17) is 0 Å². The summed E-state index contributed by atoms with van der Waals surface area (Å²) >= 11 is 0. The monoisotopic (exact) mass is 432 g/mol. The lowest BCUT2D eigenvalue weighted by Crippen LogP contribution is -2.34. The number of hydrogen-bond donors (Lipinski definition) is 0. The third-order valence-electron chi connectivity index (χ3n) is 5.66. The Morgan fingerprint density at radius 3 is 2.19 bits per heavy atom. The zero-order chi connectivity index (χ0) is 23.0. The lowest BCUT2D eigenvalue weighted by atomic mass is 9.99. The van der Waals surface area contributed by atoms with E-state index in [2.05, 4.69) is 0 Å². The van der Waals surface area contributed by atoms with Gasteiger partial charge >= 0.3 is 0 Å². The van der Waals surface area contributed by atoms with Gasteiger partial charge in [0.25, 0.3) is 11.8 Å². The van der Waals surface area contributed by atoms with E-state index in [1.54, 1.807) is 18.0 Å².